The van der Waals surface area contributed by atoms with E-state index in [4.69, 9.17) is 11.6 Å². The van der Waals surface area contributed by atoms with Crippen LogP contribution in [0.4, 0.5) is 5.69 Å². The Kier molecular flexibility index (Phi) is 4.88. The van der Waals surface area contributed by atoms with Crippen molar-refractivity contribution in [3.63, 3.8) is 0 Å². The van der Waals surface area contributed by atoms with Crippen LogP contribution in [0.5, 0.6) is 0 Å². The van der Waals surface area contributed by atoms with Gasteiger partial charge in [-0.2, -0.15) is 0 Å². The summed E-state index contributed by atoms with van der Waals surface area (Å²) in [6, 6.07) is 9.56. The molecule has 0 atom stereocenters. The number of fused-ring (bicyclic) bond motifs is 1. The minimum absolute atomic E-state index is 0.0738. The lowest BCUT2D eigenvalue weighted by molar-refractivity contribution is 0.601. The van der Waals surface area contributed by atoms with E-state index in [1.54, 1.807) is 12.1 Å². The van der Waals surface area contributed by atoms with Crippen molar-refractivity contribution in [2.24, 2.45) is 0 Å². The second-order valence-electron chi connectivity index (χ2n) is 5.79. The zero-order chi connectivity index (χ0) is 18.9. The molecule has 0 saturated carbocycles. The second kappa shape index (κ2) is 6.97. The van der Waals surface area contributed by atoms with Gasteiger partial charge in [0.05, 0.1) is 16.1 Å². The molecule has 0 amide bonds. The van der Waals surface area contributed by atoms with E-state index in [2.05, 4.69) is 21.6 Å². The third-order valence-corrected chi connectivity index (χ3v) is 5.66. The predicted molar refractivity (Wildman–Crippen MR) is 101 cm³/mol. The average molecular weight is 394 g/mol. The molecule has 136 valence electrons. The molecule has 1 heterocycles. The van der Waals surface area contributed by atoms with Gasteiger partial charge >= 0.3 is 11.1 Å². The monoisotopic (exact) mass is 393 g/mol. The minimum atomic E-state index is -3.98. The molecule has 0 aliphatic heterocycles. The van der Waals surface area contributed by atoms with E-state index in [0.29, 0.717) is 5.69 Å². The number of hydrogen-bond donors (Lipinski definition) is 3. The molecular weight excluding hydrogens is 378 g/mol. The highest BCUT2D eigenvalue weighted by molar-refractivity contribution is 7.92. The smallest absolute Gasteiger partial charge is 0.314 e. The Labute approximate surface area is 154 Å². The van der Waals surface area contributed by atoms with Gasteiger partial charge in [-0.3, -0.25) is 14.3 Å². The Morgan fingerprint density at radius 1 is 1.00 bits per heavy atom. The summed E-state index contributed by atoms with van der Waals surface area (Å²) in [6.07, 6.45) is 1.91. The summed E-state index contributed by atoms with van der Waals surface area (Å²) in [7, 11) is -3.98. The number of sulfonamides is 1. The zero-order valence-corrected chi connectivity index (χ0v) is 15.4. The standard InChI is InChI=1S/C17H16ClN3O4S/c1-2-3-10-4-6-11(7-5-10)21-26(24,25)15-9-14-13(8-12(15)18)19-16(22)17(23)20-14/h4-9,21H,2-3H2,1H3,(H,19,22)(H,20,23). The quantitative estimate of drug-likeness (QED) is 0.578. The molecule has 0 aliphatic rings. The summed E-state index contributed by atoms with van der Waals surface area (Å²) in [5.41, 5.74) is 0.203. The van der Waals surface area contributed by atoms with Crippen LogP contribution in [0.15, 0.2) is 50.9 Å². The highest BCUT2D eigenvalue weighted by Crippen LogP contribution is 2.27. The van der Waals surface area contributed by atoms with Gasteiger partial charge in [-0.25, -0.2) is 8.42 Å². The third-order valence-electron chi connectivity index (χ3n) is 3.81. The number of nitrogens with one attached hydrogen (secondary N) is 3. The molecule has 3 rings (SSSR count). The fourth-order valence-electron chi connectivity index (χ4n) is 2.56. The van der Waals surface area contributed by atoms with E-state index in [0.717, 1.165) is 18.4 Å². The van der Waals surface area contributed by atoms with E-state index in [9.17, 15) is 18.0 Å². The topological polar surface area (TPSA) is 112 Å². The van der Waals surface area contributed by atoms with E-state index >= 15 is 0 Å². The maximum absolute atomic E-state index is 12.7. The van der Waals surface area contributed by atoms with Crippen LogP contribution in [-0.2, 0) is 16.4 Å². The van der Waals surface area contributed by atoms with Crippen molar-refractivity contribution in [2.75, 3.05) is 4.72 Å². The van der Waals surface area contributed by atoms with Gasteiger partial charge in [-0.1, -0.05) is 37.1 Å². The minimum Gasteiger partial charge on any atom is -0.316 e. The van der Waals surface area contributed by atoms with Crippen molar-refractivity contribution < 1.29 is 8.42 Å². The zero-order valence-electron chi connectivity index (χ0n) is 13.8. The molecule has 1 aromatic heterocycles. The van der Waals surface area contributed by atoms with Crippen molar-refractivity contribution in [1.29, 1.82) is 0 Å². The molecule has 0 radical (unpaired) electrons. The normalized spacial score (nSPS) is 11.6. The number of rotatable bonds is 5. The van der Waals surface area contributed by atoms with Gasteiger partial charge in [-0.15, -0.1) is 0 Å². The Hall–Kier alpha value is -2.58. The molecule has 3 N–H and O–H groups in total. The van der Waals surface area contributed by atoms with Crippen molar-refractivity contribution >= 4 is 38.3 Å². The summed E-state index contributed by atoms with van der Waals surface area (Å²) < 4.78 is 27.8. The first-order valence-corrected chi connectivity index (χ1v) is 9.74. The van der Waals surface area contributed by atoms with Crippen molar-refractivity contribution in [3.05, 3.63) is 67.7 Å². The lowest BCUT2D eigenvalue weighted by Crippen LogP contribution is -2.29. The molecule has 0 aliphatic carbocycles. The Bertz CT molecular complexity index is 1180. The third kappa shape index (κ3) is 3.66. The van der Waals surface area contributed by atoms with Crippen molar-refractivity contribution in [2.45, 2.75) is 24.7 Å². The first-order valence-electron chi connectivity index (χ1n) is 7.88. The molecule has 0 unspecified atom stereocenters. The summed E-state index contributed by atoms with van der Waals surface area (Å²) in [6.45, 7) is 2.07. The SMILES string of the molecule is CCCc1ccc(NS(=O)(=O)c2cc3[nH]c(=O)c(=O)[nH]c3cc2Cl)cc1. The number of aryl methyl sites for hydroxylation is 1. The van der Waals surface area contributed by atoms with Gasteiger partial charge in [0.15, 0.2) is 0 Å². The van der Waals surface area contributed by atoms with Crippen molar-refractivity contribution in [3.8, 4) is 0 Å². The van der Waals surface area contributed by atoms with Crippen LogP contribution in [0.3, 0.4) is 0 Å². The van der Waals surface area contributed by atoms with Crippen LogP contribution >= 0.6 is 11.6 Å². The second-order valence-corrected chi connectivity index (χ2v) is 7.85. The molecular formula is C17H16ClN3O4S. The van der Waals surface area contributed by atoms with Crippen LogP contribution in [0.1, 0.15) is 18.9 Å². The van der Waals surface area contributed by atoms with E-state index in [1.165, 1.54) is 12.1 Å². The maximum Gasteiger partial charge on any atom is 0.314 e. The lowest BCUT2D eigenvalue weighted by Gasteiger charge is -2.11. The molecule has 0 fully saturated rings. The molecule has 2 aromatic carbocycles. The lowest BCUT2D eigenvalue weighted by atomic mass is 10.1. The number of H-pyrrole nitrogens is 2. The van der Waals surface area contributed by atoms with Crippen LogP contribution in [0.25, 0.3) is 11.0 Å². The van der Waals surface area contributed by atoms with Crippen LogP contribution in [0.2, 0.25) is 5.02 Å². The van der Waals surface area contributed by atoms with Crippen molar-refractivity contribution in [1.82, 2.24) is 9.97 Å². The molecule has 9 heteroatoms. The summed E-state index contributed by atoms with van der Waals surface area (Å²) in [5.74, 6) is 0. The molecule has 26 heavy (non-hydrogen) atoms. The summed E-state index contributed by atoms with van der Waals surface area (Å²) in [5, 5.41) is -0.0738. The molecule has 0 saturated heterocycles. The van der Waals surface area contributed by atoms with E-state index in [1.807, 2.05) is 12.1 Å². The van der Waals surface area contributed by atoms with Crippen LogP contribution < -0.4 is 15.8 Å². The number of hydrogen-bond acceptors (Lipinski definition) is 4. The summed E-state index contributed by atoms with van der Waals surface area (Å²) >= 11 is 6.08. The number of aromatic nitrogens is 2. The highest BCUT2D eigenvalue weighted by Gasteiger charge is 2.20. The molecule has 7 nitrogen and oxygen atoms in total. The van der Waals surface area contributed by atoms with E-state index in [-0.39, 0.29) is 21.0 Å². The van der Waals surface area contributed by atoms with Gasteiger partial charge in [0, 0.05) is 5.69 Å². The Morgan fingerprint density at radius 3 is 2.15 bits per heavy atom. The van der Waals surface area contributed by atoms with Gasteiger partial charge in [-0.05, 0) is 36.2 Å². The Balaban J connectivity index is 2.00. The van der Waals surface area contributed by atoms with Gasteiger partial charge < -0.3 is 9.97 Å². The maximum atomic E-state index is 12.7. The van der Waals surface area contributed by atoms with Crippen LogP contribution in [-0.4, -0.2) is 18.4 Å². The molecule has 3 aromatic rings. The van der Waals surface area contributed by atoms with E-state index < -0.39 is 21.1 Å². The Morgan fingerprint density at radius 2 is 1.58 bits per heavy atom. The van der Waals surface area contributed by atoms with Gasteiger partial charge in [0.2, 0.25) is 0 Å². The predicted octanol–water partition coefficient (Wildman–Crippen LogP) is 2.62. The largest absolute Gasteiger partial charge is 0.316 e. The number of halogens is 1. The van der Waals surface area contributed by atoms with Crippen LogP contribution in [0, 0.1) is 0 Å². The number of anilines is 1. The summed E-state index contributed by atoms with van der Waals surface area (Å²) in [4.78, 5) is 27.3. The molecule has 0 bridgehead atoms. The number of benzene rings is 2. The van der Waals surface area contributed by atoms with Gasteiger partial charge in [0.1, 0.15) is 4.90 Å². The average Bonchev–Trinajstić information content (AvgIpc) is 2.57. The fourth-order valence-corrected chi connectivity index (χ4v) is 4.18. The molecule has 0 spiro atoms. The van der Waals surface area contributed by atoms with Gasteiger partial charge in [0.25, 0.3) is 10.0 Å². The number of aromatic amines is 2. The first kappa shape index (κ1) is 18.2. The first-order chi connectivity index (χ1) is 12.3. The fraction of sp³-hybridized carbons (Fsp3) is 0.176. The highest BCUT2D eigenvalue weighted by atomic mass is 35.5.